The fraction of sp³-hybridized carbons (Fsp3) is 0.462. The summed E-state index contributed by atoms with van der Waals surface area (Å²) in [7, 11) is 0. The number of hydrogen-bond donors (Lipinski definition) is 2. The molecule has 0 saturated carbocycles. The lowest BCUT2D eigenvalue weighted by Gasteiger charge is -2.54. The average molecular weight is 468 g/mol. The Morgan fingerprint density at radius 2 is 2.00 bits per heavy atom. The second-order valence-electron chi connectivity index (χ2n) is 9.75. The molecule has 2 fully saturated rings. The molecule has 2 aromatic rings. The highest BCUT2D eigenvalue weighted by Crippen LogP contribution is 2.53. The zero-order chi connectivity index (χ0) is 24.0. The lowest BCUT2D eigenvalue weighted by molar-refractivity contribution is -0.183. The van der Waals surface area contributed by atoms with Gasteiger partial charge < -0.3 is 29.3 Å². The Labute approximate surface area is 198 Å². The van der Waals surface area contributed by atoms with E-state index in [1.807, 2.05) is 24.8 Å². The lowest BCUT2D eigenvalue weighted by atomic mass is 9.72. The van der Waals surface area contributed by atoms with Gasteiger partial charge in [-0.2, -0.15) is 0 Å². The van der Waals surface area contributed by atoms with Crippen molar-refractivity contribution >= 4 is 11.9 Å². The predicted molar refractivity (Wildman–Crippen MR) is 122 cm³/mol. The fourth-order valence-electron chi connectivity index (χ4n) is 5.59. The first kappa shape index (κ1) is 22.5. The Balaban J connectivity index is 1.43. The van der Waals surface area contributed by atoms with Gasteiger partial charge in [0, 0.05) is 24.1 Å². The van der Waals surface area contributed by atoms with Crippen molar-refractivity contribution in [2.45, 2.75) is 57.0 Å². The van der Waals surface area contributed by atoms with Gasteiger partial charge in [0.25, 0.3) is 5.91 Å². The number of likely N-dealkylation sites (tertiary alicyclic amines) is 1. The van der Waals surface area contributed by atoms with Crippen molar-refractivity contribution < 1.29 is 34.0 Å². The van der Waals surface area contributed by atoms with Gasteiger partial charge >= 0.3 is 5.97 Å². The maximum atomic E-state index is 13.7. The molecule has 0 radical (unpaired) electrons. The second-order valence-corrected chi connectivity index (χ2v) is 9.75. The molecule has 2 saturated heterocycles. The number of hydrogen-bond acceptors (Lipinski definition) is 6. The normalized spacial score (nSPS) is 26.9. The third kappa shape index (κ3) is 3.96. The molecule has 180 valence electrons. The number of amides is 1. The van der Waals surface area contributed by atoms with Crippen LogP contribution in [0.2, 0.25) is 0 Å². The van der Waals surface area contributed by atoms with E-state index >= 15 is 0 Å². The summed E-state index contributed by atoms with van der Waals surface area (Å²) in [6, 6.07) is 11.8. The van der Waals surface area contributed by atoms with Gasteiger partial charge in [-0.15, -0.1) is 0 Å². The fourth-order valence-corrected chi connectivity index (χ4v) is 5.59. The minimum atomic E-state index is -1.10. The van der Waals surface area contributed by atoms with Crippen molar-refractivity contribution in [3.63, 3.8) is 0 Å². The molecule has 1 amide bonds. The number of para-hydroxylation sites is 1. The van der Waals surface area contributed by atoms with E-state index in [9.17, 15) is 14.7 Å². The van der Waals surface area contributed by atoms with Gasteiger partial charge in [0.05, 0.1) is 23.8 Å². The summed E-state index contributed by atoms with van der Waals surface area (Å²) in [5.74, 6) is -0.213. The second kappa shape index (κ2) is 8.51. The number of fused-ring (bicyclic) bond motifs is 4. The number of carbonyl (C=O) groups excluding carboxylic acids is 1. The topological polar surface area (TPSA) is 106 Å². The molecule has 8 nitrogen and oxygen atoms in total. The highest BCUT2D eigenvalue weighted by Gasteiger charge is 2.53. The van der Waals surface area contributed by atoms with E-state index in [-0.39, 0.29) is 41.6 Å². The Kier molecular flexibility index (Phi) is 5.64. The van der Waals surface area contributed by atoms with Gasteiger partial charge in [-0.1, -0.05) is 12.1 Å². The van der Waals surface area contributed by atoms with Crippen LogP contribution < -0.4 is 9.47 Å². The van der Waals surface area contributed by atoms with Crippen molar-refractivity contribution in [2.24, 2.45) is 5.92 Å². The number of aliphatic carboxylic acids is 1. The number of benzene rings is 2. The minimum absolute atomic E-state index is 0.0118. The molecule has 3 aliphatic rings. The van der Waals surface area contributed by atoms with Crippen LogP contribution in [0.15, 0.2) is 42.5 Å². The van der Waals surface area contributed by atoms with Crippen LogP contribution in [-0.2, 0) is 9.53 Å². The van der Waals surface area contributed by atoms with Gasteiger partial charge in [0.15, 0.2) is 6.61 Å². The molecule has 34 heavy (non-hydrogen) atoms. The highest BCUT2D eigenvalue weighted by molar-refractivity contribution is 5.97. The maximum Gasteiger partial charge on any atom is 0.341 e. The van der Waals surface area contributed by atoms with Crippen molar-refractivity contribution in [1.82, 2.24) is 4.90 Å². The molecule has 3 heterocycles. The molecule has 2 N–H and O–H groups in total. The summed E-state index contributed by atoms with van der Waals surface area (Å²) >= 11 is 0. The molecule has 0 aromatic heterocycles. The maximum absolute atomic E-state index is 13.7. The number of nitrogens with zero attached hydrogens (tertiary/aromatic N) is 1. The molecule has 5 rings (SSSR count). The van der Waals surface area contributed by atoms with Gasteiger partial charge in [-0.05, 0) is 57.4 Å². The van der Waals surface area contributed by atoms with E-state index in [1.165, 1.54) is 0 Å². The number of carbonyl (C=O) groups is 2. The summed E-state index contributed by atoms with van der Waals surface area (Å²) in [4.78, 5) is 26.5. The third-order valence-electron chi connectivity index (χ3n) is 7.20. The van der Waals surface area contributed by atoms with Gasteiger partial charge in [0.1, 0.15) is 22.8 Å². The van der Waals surface area contributed by atoms with Crippen molar-refractivity contribution in [3.05, 3.63) is 53.6 Å². The first-order chi connectivity index (χ1) is 16.2. The van der Waals surface area contributed by atoms with Gasteiger partial charge in [-0.25, -0.2) is 4.79 Å². The molecule has 0 unspecified atom stereocenters. The molecule has 2 aromatic carbocycles. The van der Waals surface area contributed by atoms with E-state index in [0.29, 0.717) is 24.3 Å². The molecule has 3 aliphatic heterocycles. The van der Waals surface area contributed by atoms with Crippen LogP contribution in [-0.4, -0.2) is 57.9 Å². The Hall–Kier alpha value is -3.26. The van der Waals surface area contributed by atoms with Crippen LogP contribution >= 0.6 is 0 Å². The first-order valence-corrected chi connectivity index (χ1v) is 11.7. The average Bonchev–Trinajstić information content (AvgIpc) is 2.80. The molecule has 0 aliphatic carbocycles. The van der Waals surface area contributed by atoms with Gasteiger partial charge in [-0.3, -0.25) is 4.79 Å². The standard InChI is InChI=1S/C26H29NO7/c1-26(2)18-13-19-21(33-24(18)16-10-9-15(28)12-22(16)34-26)8-5-11-27(19)25(31)17-6-3-4-7-20(17)32-14-23(29)30/h3-4,6-7,9-10,12,18-19,21,24,28H,5,8,11,13-14H2,1-2H3,(H,29,30)/t18-,19-,21-,24+/m1/s1. The molecular formula is C26H29NO7. The van der Waals surface area contributed by atoms with E-state index in [0.717, 1.165) is 18.4 Å². The number of ether oxygens (including phenoxy) is 3. The molecule has 0 bridgehead atoms. The van der Waals surface area contributed by atoms with Crippen LogP contribution in [0.25, 0.3) is 0 Å². The van der Waals surface area contributed by atoms with Crippen LogP contribution in [0, 0.1) is 5.92 Å². The molecule has 0 spiro atoms. The minimum Gasteiger partial charge on any atom is -0.508 e. The largest absolute Gasteiger partial charge is 0.508 e. The van der Waals surface area contributed by atoms with Crippen LogP contribution in [0.3, 0.4) is 0 Å². The Morgan fingerprint density at radius 3 is 2.79 bits per heavy atom. The number of piperidine rings is 1. The zero-order valence-corrected chi connectivity index (χ0v) is 19.3. The van der Waals surface area contributed by atoms with Crippen LogP contribution in [0.1, 0.15) is 55.1 Å². The molecule has 8 heteroatoms. The summed E-state index contributed by atoms with van der Waals surface area (Å²) in [5.41, 5.74) is 0.730. The van der Waals surface area contributed by atoms with E-state index in [1.54, 1.807) is 36.4 Å². The van der Waals surface area contributed by atoms with Crippen molar-refractivity contribution in [2.75, 3.05) is 13.2 Å². The predicted octanol–water partition coefficient (Wildman–Crippen LogP) is 3.78. The van der Waals surface area contributed by atoms with Crippen LogP contribution in [0.4, 0.5) is 0 Å². The number of phenols is 1. The SMILES string of the molecule is CC1(C)Oc2cc(O)ccc2[C@@H]2O[C@@H]3CCCN(C(=O)c4ccccc4OCC(=O)O)[C@@H]3C[C@H]21. The Morgan fingerprint density at radius 1 is 1.21 bits per heavy atom. The van der Waals surface area contributed by atoms with Gasteiger partial charge in [0.2, 0.25) is 0 Å². The van der Waals surface area contributed by atoms with E-state index in [4.69, 9.17) is 19.3 Å². The molecular weight excluding hydrogens is 438 g/mol. The number of carboxylic acid groups (broad SMARTS) is 1. The number of rotatable bonds is 4. The zero-order valence-electron chi connectivity index (χ0n) is 19.3. The number of aromatic hydroxyl groups is 1. The summed E-state index contributed by atoms with van der Waals surface area (Å²) in [6.07, 6.45) is 2.07. The van der Waals surface area contributed by atoms with Crippen LogP contribution in [0.5, 0.6) is 17.2 Å². The quantitative estimate of drug-likeness (QED) is 0.705. The first-order valence-electron chi connectivity index (χ1n) is 11.7. The third-order valence-corrected chi connectivity index (χ3v) is 7.20. The van der Waals surface area contributed by atoms with E-state index < -0.39 is 18.2 Å². The van der Waals surface area contributed by atoms with E-state index in [2.05, 4.69) is 0 Å². The monoisotopic (exact) mass is 467 g/mol. The number of carboxylic acids is 1. The van der Waals surface area contributed by atoms with Crippen molar-refractivity contribution in [1.29, 1.82) is 0 Å². The Bertz CT molecular complexity index is 1110. The number of phenolic OH excluding ortho intramolecular Hbond substituents is 1. The highest BCUT2D eigenvalue weighted by atomic mass is 16.5. The summed E-state index contributed by atoms with van der Waals surface area (Å²) in [6.45, 7) is 4.13. The van der Waals surface area contributed by atoms with Crippen molar-refractivity contribution in [3.8, 4) is 17.2 Å². The molecule has 4 atom stereocenters. The smallest absolute Gasteiger partial charge is 0.341 e. The lowest BCUT2D eigenvalue weighted by Crippen LogP contribution is -2.60. The summed E-state index contributed by atoms with van der Waals surface area (Å²) in [5, 5.41) is 18.9. The summed E-state index contributed by atoms with van der Waals surface area (Å²) < 4.78 is 18.3.